The highest BCUT2D eigenvalue weighted by atomic mass is 16.5. The molecule has 3 heterocycles. The molecule has 0 aliphatic carbocycles. The summed E-state index contributed by atoms with van der Waals surface area (Å²) in [6.45, 7) is 5.83. The van der Waals surface area contributed by atoms with Crippen molar-refractivity contribution in [1.29, 1.82) is 0 Å². The molecule has 0 radical (unpaired) electrons. The summed E-state index contributed by atoms with van der Waals surface area (Å²) >= 11 is 0. The van der Waals surface area contributed by atoms with E-state index < -0.39 is 0 Å². The van der Waals surface area contributed by atoms with E-state index in [1.807, 2.05) is 0 Å². The summed E-state index contributed by atoms with van der Waals surface area (Å²) in [6.07, 6.45) is 4.85. The summed E-state index contributed by atoms with van der Waals surface area (Å²) in [5.74, 6) is 2.07. The monoisotopic (exact) mass is 292 g/mol. The highest BCUT2D eigenvalue weighted by Gasteiger charge is 2.26. The number of hydrogen-bond donors (Lipinski definition) is 2. The van der Waals surface area contributed by atoms with E-state index in [1.54, 1.807) is 0 Å². The quantitative estimate of drug-likeness (QED) is 0.845. The first-order valence-electron chi connectivity index (χ1n) is 7.88. The van der Waals surface area contributed by atoms with Crippen molar-refractivity contribution in [2.45, 2.75) is 38.7 Å². The molecule has 2 fully saturated rings. The van der Waals surface area contributed by atoms with Crippen LogP contribution in [0.1, 0.15) is 32.6 Å². The van der Waals surface area contributed by atoms with Crippen LogP contribution in [-0.2, 0) is 4.74 Å². The molecule has 2 aliphatic heterocycles. The Labute approximate surface area is 125 Å². The number of nitrogens with one attached hydrogen (secondary N) is 1. The van der Waals surface area contributed by atoms with Gasteiger partial charge in [0.25, 0.3) is 0 Å². The molecule has 0 spiro atoms. The lowest BCUT2D eigenvalue weighted by atomic mass is 10.00. The predicted octanol–water partition coefficient (Wildman–Crippen LogP) is 1.28. The summed E-state index contributed by atoms with van der Waals surface area (Å²) in [6, 6.07) is 0. The lowest BCUT2D eigenvalue weighted by molar-refractivity contribution is 0.0900. The van der Waals surface area contributed by atoms with E-state index in [2.05, 4.69) is 32.1 Å². The molecule has 2 aliphatic rings. The van der Waals surface area contributed by atoms with Gasteiger partial charge in [-0.1, -0.05) is 6.92 Å². The summed E-state index contributed by atoms with van der Waals surface area (Å²) in [5, 5.41) is 3.31. The summed E-state index contributed by atoms with van der Waals surface area (Å²) in [5.41, 5.74) is 5.81. The Morgan fingerprint density at radius 3 is 2.86 bits per heavy atom. The highest BCUT2D eigenvalue weighted by molar-refractivity contribution is 5.42. The van der Waals surface area contributed by atoms with Gasteiger partial charge in [-0.3, -0.25) is 0 Å². The van der Waals surface area contributed by atoms with Crippen molar-refractivity contribution in [3.8, 4) is 0 Å². The van der Waals surface area contributed by atoms with Crippen molar-refractivity contribution in [2.75, 3.05) is 42.2 Å². The van der Waals surface area contributed by atoms with Crippen LogP contribution in [0.25, 0.3) is 0 Å². The minimum absolute atomic E-state index is 0.282. The van der Waals surface area contributed by atoms with Gasteiger partial charge in [-0.2, -0.15) is 15.0 Å². The molecule has 1 aromatic rings. The van der Waals surface area contributed by atoms with E-state index in [9.17, 15) is 0 Å². The molecule has 0 saturated carbocycles. The molecular weight excluding hydrogens is 268 g/mol. The zero-order valence-corrected chi connectivity index (χ0v) is 12.6. The van der Waals surface area contributed by atoms with Crippen LogP contribution in [0.2, 0.25) is 0 Å². The van der Waals surface area contributed by atoms with Gasteiger partial charge < -0.3 is 20.7 Å². The van der Waals surface area contributed by atoms with E-state index in [0.29, 0.717) is 23.9 Å². The molecule has 7 heteroatoms. The molecule has 2 saturated heterocycles. The van der Waals surface area contributed by atoms with Gasteiger partial charge in [0.15, 0.2) is 0 Å². The van der Waals surface area contributed by atoms with Gasteiger partial charge in [-0.05, 0) is 25.7 Å². The van der Waals surface area contributed by atoms with Gasteiger partial charge in [0.2, 0.25) is 17.8 Å². The second-order valence-corrected chi connectivity index (χ2v) is 5.76. The molecule has 3 rings (SSSR count). The molecule has 2 unspecified atom stereocenters. The van der Waals surface area contributed by atoms with Crippen LogP contribution in [0.5, 0.6) is 0 Å². The average Bonchev–Trinajstić information content (AvgIpc) is 3.15. The summed E-state index contributed by atoms with van der Waals surface area (Å²) < 4.78 is 5.71. The van der Waals surface area contributed by atoms with E-state index >= 15 is 0 Å². The van der Waals surface area contributed by atoms with Crippen LogP contribution in [-0.4, -0.2) is 47.3 Å². The fourth-order valence-corrected chi connectivity index (χ4v) is 3.12. The van der Waals surface area contributed by atoms with Crippen LogP contribution in [0, 0.1) is 5.92 Å². The normalized spacial score (nSPS) is 25.5. The van der Waals surface area contributed by atoms with Crippen molar-refractivity contribution in [3.63, 3.8) is 0 Å². The first kappa shape index (κ1) is 14.3. The molecule has 3 N–H and O–H groups in total. The van der Waals surface area contributed by atoms with Crippen LogP contribution < -0.4 is 16.0 Å². The number of aromatic nitrogens is 3. The Morgan fingerprint density at radius 2 is 2.10 bits per heavy atom. The lowest BCUT2D eigenvalue weighted by Gasteiger charge is -2.19. The zero-order valence-electron chi connectivity index (χ0n) is 12.6. The molecule has 7 nitrogen and oxygen atoms in total. The molecule has 21 heavy (non-hydrogen) atoms. The largest absolute Gasteiger partial charge is 0.378 e. The van der Waals surface area contributed by atoms with Crippen LogP contribution in [0.4, 0.5) is 17.8 Å². The molecule has 0 bridgehead atoms. The number of nitrogens with zero attached hydrogens (tertiary/aromatic N) is 4. The van der Waals surface area contributed by atoms with Crippen molar-refractivity contribution in [1.82, 2.24) is 15.0 Å². The lowest BCUT2D eigenvalue weighted by Crippen LogP contribution is -2.25. The fraction of sp³-hybridized carbons (Fsp3) is 0.786. The Bertz CT molecular complexity index is 477. The molecule has 116 valence electrons. The number of anilines is 3. The number of nitrogen functional groups attached to an aromatic ring is 1. The number of ether oxygens (including phenoxy) is 1. The van der Waals surface area contributed by atoms with Gasteiger partial charge in [-0.15, -0.1) is 0 Å². The van der Waals surface area contributed by atoms with Crippen molar-refractivity contribution in [3.05, 3.63) is 0 Å². The van der Waals surface area contributed by atoms with Gasteiger partial charge in [0.1, 0.15) is 0 Å². The zero-order chi connectivity index (χ0) is 14.7. The Hall–Kier alpha value is -1.63. The van der Waals surface area contributed by atoms with Crippen molar-refractivity contribution in [2.24, 2.45) is 5.92 Å². The smallest absolute Gasteiger partial charge is 0.231 e. The summed E-state index contributed by atoms with van der Waals surface area (Å²) in [4.78, 5) is 15.1. The maximum Gasteiger partial charge on any atom is 0.231 e. The van der Waals surface area contributed by atoms with E-state index in [4.69, 9.17) is 10.5 Å². The van der Waals surface area contributed by atoms with Crippen LogP contribution in [0.15, 0.2) is 0 Å². The first-order chi connectivity index (χ1) is 10.3. The van der Waals surface area contributed by atoms with Gasteiger partial charge >= 0.3 is 0 Å². The number of nitrogens with two attached hydrogens (primary N) is 1. The Balaban J connectivity index is 1.64. The topological polar surface area (TPSA) is 89.2 Å². The maximum absolute atomic E-state index is 5.81. The van der Waals surface area contributed by atoms with Gasteiger partial charge in [0, 0.05) is 32.2 Å². The van der Waals surface area contributed by atoms with Gasteiger partial charge in [-0.25, -0.2) is 0 Å². The van der Waals surface area contributed by atoms with E-state index in [0.717, 1.165) is 39.1 Å². The van der Waals surface area contributed by atoms with Crippen LogP contribution in [0.3, 0.4) is 0 Å². The van der Waals surface area contributed by atoms with Crippen LogP contribution >= 0.6 is 0 Å². The second-order valence-electron chi connectivity index (χ2n) is 5.76. The molecule has 1 aromatic heterocycles. The fourth-order valence-electron chi connectivity index (χ4n) is 3.12. The van der Waals surface area contributed by atoms with Crippen molar-refractivity contribution < 1.29 is 4.74 Å². The minimum Gasteiger partial charge on any atom is -0.378 e. The second kappa shape index (κ2) is 6.43. The third-order valence-corrected chi connectivity index (χ3v) is 4.30. The highest BCUT2D eigenvalue weighted by Crippen LogP contribution is 2.24. The molecule has 2 atom stereocenters. The Kier molecular flexibility index (Phi) is 4.38. The van der Waals surface area contributed by atoms with Crippen molar-refractivity contribution >= 4 is 17.8 Å². The minimum atomic E-state index is 0.282. The van der Waals surface area contributed by atoms with Gasteiger partial charge in [0.05, 0.1) is 6.10 Å². The third-order valence-electron chi connectivity index (χ3n) is 4.30. The standard InChI is InChI=1S/C14H24N6O/c1-2-11-10(5-8-21-11)9-16-13-17-12(15)18-14(19-13)20-6-3-4-7-20/h10-11H,2-9H2,1H3,(H3,15,16,17,18,19). The number of rotatable bonds is 5. The number of hydrogen-bond acceptors (Lipinski definition) is 7. The predicted molar refractivity (Wildman–Crippen MR) is 82.3 cm³/mol. The SMILES string of the molecule is CCC1OCCC1CNc1nc(N)nc(N2CCCC2)n1. The van der Waals surface area contributed by atoms with E-state index in [1.165, 1.54) is 12.8 Å². The molecule has 0 amide bonds. The third kappa shape index (κ3) is 3.34. The molecule has 0 aromatic carbocycles. The van der Waals surface area contributed by atoms with E-state index in [-0.39, 0.29) is 5.95 Å². The summed E-state index contributed by atoms with van der Waals surface area (Å²) in [7, 11) is 0. The first-order valence-corrected chi connectivity index (χ1v) is 7.88. The average molecular weight is 292 g/mol. The molecular formula is C14H24N6O. The maximum atomic E-state index is 5.81. The Morgan fingerprint density at radius 1 is 1.29 bits per heavy atom.